The van der Waals surface area contributed by atoms with Crippen molar-refractivity contribution in [2.24, 2.45) is 5.92 Å². The highest BCUT2D eigenvalue weighted by atomic mass is 32.1. The second kappa shape index (κ2) is 8.85. The third-order valence-corrected chi connectivity index (χ3v) is 2.18. The van der Waals surface area contributed by atoms with Crippen molar-refractivity contribution in [2.45, 2.75) is 20.3 Å². The van der Waals surface area contributed by atoms with Gasteiger partial charge < -0.3 is 9.64 Å². The van der Waals surface area contributed by atoms with Gasteiger partial charge in [0.05, 0.1) is 6.61 Å². The maximum Gasteiger partial charge on any atom is 0.0589 e. The Kier molecular flexibility index (Phi) is 9.03. The lowest BCUT2D eigenvalue weighted by Gasteiger charge is -2.23. The van der Waals surface area contributed by atoms with Gasteiger partial charge in [-0.25, -0.2) is 0 Å². The van der Waals surface area contributed by atoms with E-state index in [0.717, 1.165) is 37.9 Å². The van der Waals surface area contributed by atoms with Crippen molar-refractivity contribution >= 4 is 12.6 Å². The molecule has 13 heavy (non-hydrogen) atoms. The van der Waals surface area contributed by atoms with Crippen LogP contribution in [0.25, 0.3) is 0 Å². The van der Waals surface area contributed by atoms with Crippen LogP contribution < -0.4 is 0 Å². The van der Waals surface area contributed by atoms with Crippen molar-refractivity contribution in [1.82, 2.24) is 4.90 Å². The summed E-state index contributed by atoms with van der Waals surface area (Å²) in [5, 5.41) is 0. The standard InChI is InChI=1S/C10H23NOS/c1-10(2)9-11(5-4-8-13)6-7-12-3/h10,13H,4-9H2,1-3H3. The molecule has 0 spiro atoms. The summed E-state index contributed by atoms with van der Waals surface area (Å²) in [6, 6.07) is 0. The minimum atomic E-state index is 0.733. The summed E-state index contributed by atoms with van der Waals surface area (Å²) in [5.74, 6) is 1.71. The summed E-state index contributed by atoms with van der Waals surface area (Å²) < 4.78 is 5.07. The van der Waals surface area contributed by atoms with Crippen LogP contribution in [0.15, 0.2) is 0 Å². The van der Waals surface area contributed by atoms with E-state index in [1.54, 1.807) is 7.11 Å². The van der Waals surface area contributed by atoms with E-state index in [1.807, 2.05) is 0 Å². The predicted octanol–water partition coefficient (Wildman–Crippen LogP) is 1.91. The van der Waals surface area contributed by atoms with Gasteiger partial charge in [0, 0.05) is 20.2 Å². The molecule has 0 aliphatic carbocycles. The van der Waals surface area contributed by atoms with E-state index in [-0.39, 0.29) is 0 Å². The van der Waals surface area contributed by atoms with Gasteiger partial charge in [0.15, 0.2) is 0 Å². The van der Waals surface area contributed by atoms with Crippen molar-refractivity contribution in [3.05, 3.63) is 0 Å². The topological polar surface area (TPSA) is 12.5 Å². The van der Waals surface area contributed by atoms with Gasteiger partial charge in [0.1, 0.15) is 0 Å². The van der Waals surface area contributed by atoms with Crippen molar-refractivity contribution in [1.29, 1.82) is 0 Å². The van der Waals surface area contributed by atoms with Crippen LogP contribution >= 0.6 is 12.6 Å². The molecule has 80 valence electrons. The van der Waals surface area contributed by atoms with E-state index in [1.165, 1.54) is 6.42 Å². The summed E-state index contributed by atoms with van der Waals surface area (Å²) in [6.07, 6.45) is 1.17. The highest BCUT2D eigenvalue weighted by Crippen LogP contribution is 2.00. The van der Waals surface area contributed by atoms with Gasteiger partial charge in [-0.2, -0.15) is 12.6 Å². The molecule has 0 aliphatic heterocycles. The van der Waals surface area contributed by atoms with Crippen LogP contribution in [0.3, 0.4) is 0 Å². The average molecular weight is 205 g/mol. The van der Waals surface area contributed by atoms with E-state index < -0.39 is 0 Å². The molecule has 0 aromatic rings. The SMILES string of the molecule is COCCN(CCCS)CC(C)C. The number of hydrogen-bond donors (Lipinski definition) is 1. The van der Waals surface area contributed by atoms with Crippen molar-refractivity contribution in [2.75, 3.05) is 39.1 Å². The van der Waals surface area contributed by atoms with Gasteiger partial charge in [0.2, 0.25) is 0 Å². The molecule has 0 bridgehead atoms. The zero-order chi connectivity index (χ0) is 10.1. The Labute approximate surface area is 88.1 Å². The molecule has 0 unspecified atom stereocenters. The van der Waals surface area contributed by atoms with E-state index in [9.17, 15) is 0 Å². The van der Waals surface area contributed by atoms with Crippen molar-refractivity contribution in [3.63, 3.8) is 0 Å². The Hall–Kier alpha value is 0.270. The lowest BCUT2D eigenvalue weighted by molar-refractivity contribution is 0.140. The molecule has 0 radical (unpaired) electrons. The molecule has 0 aliphatic rings. The fraction of sp³-hybridized carbons (Fsp3) is 1.00. The second-order valence-electron chi connectivity index (χ2n) is 3.76. The first-order valence-corrected chi connectivity index (χ1v) is 5.66. The molecule has 3 heteroatoms. The summed E-state index contributed by atoms with van der Waals surface area (Å²) in [5.41, 5.74) is 0. The average Bonchev–Trinajstić information content (AvgIpc) is 2.09. The number of nitrogens with zero attached hydrogens (tertiary/aromatic N) is 1. The fourth-order valence-corrected chi connectivity index (χ4v) is 1.47. The summed E-state index contributed by atoms with van der Waals surface area (Å²) >= 11 is 4.22. The molecule has 0 rings (SSSR count). The highest BCUT2D eigenvalue weighted by molar-refractivity contribution is 7.80. The molecule has 2 nitrogen and oxygen atoms in total. The first-order chi connectivity index (χ1) is 6.20. The monoisotopic (exact) mass is 205 g/mol. The molecule has 0 amide bonds. The van der Waals surface area contributed by atoms with Gasteiger partial charge in [-0.05, 0) is 24.6 Å². The van der Waals surface area contributed by atoms with E-state index in [0.29, 0.717) is 0 Å². The molecule has 0 saturated heterocycles. The van der Waals surface area contributed by atoms with Gasteiger partial charge in [-0.15, -0.1) is 0 Å². The molecule has 0 fully saturated rings. The van der Waals surface area contributed by atoms with E-state index in [2.05, 4.69) is 31.4 Å². The van der Waals surface area contributed by atoms with Gasteiger partial charge in [-0.3, -0.25) is 0 Å². The van der Waals surface area contributed by atoms with E-state index >= 15 is 0 Å². The number of hydrogen-bond acceptors (Lipinski definition) is 3. The zero-order valence-electron chi connectivity index (χ0n) is 9.12. The van der Waals surface area contributed by atoms with E-state index in [4.69, 9.17) is 4.74 Å². The molecule has 0 atom stereocenters. The molecule has 0 N–H and O–H groups in total. The maximum absolute atomic E-state index is 5.07. The Bertz CT molecular complexity index is 101. The molecule has 0 aromatic heterocycles. The number of thiol groups is 1. The normalized spacial score (nSPS) is 11.5. The third-order valence-electron chi connectivity index (χ3n) is 1.87. The number of rotatable bonds is 8. The van der Waals surface area contributed by atoms with Crippen LogP contribution in [-0.2, 0) is 4.74 Å². The summed E-state index contributed by atoms with van der Waals surface area (Å²) in [6.45, 7) is 8.69. The largest absolute Gasteiger partial charge is 0.383 e. The van der Waals surface area contributed by atoms with Gasteiger partial charge in [-0.1, -0.05) is 13.8 Å². The quantitative estimate of drug-likeness (QED) is 0.608. The van der Waals surface area contributed by atoms with Crippen LogP contribution in [0.4, 0.5) is 0 Å². The summed E-state index contributed by atoms with van der Waals surface area (Å²) in [4.78, 5) is 2.45. The predicted molar refractivity (Wildman–Crippen MR) is 61.6 cm³/mol. The van der Waals surface area contributed by atoms with Crippen LogP contribution in [0, 0.1) is 5.92 Å². The number of methoxy groups -OCH3 is 1. The smallest absolute Gasteiger partial charge is 0.0589 e. The van der Waals surface area contributed by atoms with Crippen molar-refractivity contribution in [3.8, 4) is 0 Å². The van der Waals surface area contributed by atoms with Gasteiger partial charge >= 0.3 is 0 Å². The summed E-state index contributed by atoms with van der Waals surface area (Å²) in [7, 11) is 1.76. The first kappa shape index (κ1) is 13.3. The number of ether oxygens (including phenoxy) is 1. The van der Waals surface area contributed by atoms with Crippen molar-refractivity contribution < 1.29 is 4.74 Å². The first-order valence-electron chi connectivity index (χ1n) is 5.02. The van der Waals surface area contributed by atoms with Gasteiger partial charge in [0.25, 0.3) is 0 Å². The fourth-order valence-electron chi connectivity index (χ4n) is 1.33. The lowest BCUT2D eigenvalue weighted by atomic mass is 10.2. The Balaban J connectivity index is 3.60. The maximum atomic E-state index is 5.07. The molecule has 0 aromatic carbocycles. The second-order valence-corrected chi connectivity index (χ2v) is 4.21. The third kappa shape index (κ3) is 8.60. The van der Waals surface area contributed by atoms with Crippen LogP contribution in [-0.4, -0.2) is 44.0 Å². The molecule has 0 saturated carbocycles. The minimum absolute atomic E-state index is 0.733. The lowest BCUT2D eigenvalue weighted by Crippen LogP contribution is -2.32. The van der Waals surface area contributed by atoms with Crippen LogP contribution in [0.5, 0.6) is 0 Å². The molecular formula is C10H23NOS. The Morgan fingerprint density at radius 1 is 1.31 bits per heavy atom. The van der Waals surface area contributed by atoms with Crippen LogP contribution in [0.2, 0.25) is 0 Å². The molecular weight excluding hydrogens is 182 g/mol. The Morgan fingerprint density at radius 2 is 2.00 bits per heavy atom. The Morgan fingerprint density at radius 3 is 2.46 bits per heavy atom. The minimum Gasteiger partial charge on any atom is -0.383 e. The highest BCUT2D eigenvalue weighted by Gasteiger charge is 2.05. The zero-order valence-corrected chi connectivity index (χ0v) is 10.0. The molecule has 0 heterocycles. The van der Waals surface area contributed by atoms with Crippen LogP contribution in [0.1, 0.15) is 20.3 Å².